The smallest absolute Gasteiger partial charge is 0.229 e. The average molecular weight is 402 g/mol. The van der Waals surface area contributed by atoms with Crippen LogP contribution in [0.2, 0.25) is 0 Å². The molecule has 0 aliphatic carbocycles. The lowest BCUT2D eigenvalue weighted by molar-refractivity contribution is 0.607. The maximum Gasteiger partial charge on any atom is 0.229 e. The second kappa shape index (κ2) is 7.60. The molecule has 3 aromatic rings. The minimum absolute atomic E-state index is 0. The topological polar surface area (TPSA) is 72.0 Å². The molecule has 0 fully saturated rings. The number of hydrogen-bond acceptors (Lipinski definition) is 6. The Balaban J connectivity index is 0.00000208. The van der Waals surface area contributed by atoms with Gasteiger partial charge in [-0.15, -0.1) is 35.1 Å². The van der Waals surface area contributed by atoms with Crippen LogP contribution in [0, 0.1) is 6.92 Å². The van der Waals surface area contributed by atoms with Gasteiger partial charge in [-0.2, -0.15) is 0 Å². The predicted molar refractivity (Wildman–Crippen MR) is 103 cm³/mol. The van der Waals surface area contributed by atoms with Crippen molar-refractivity contribution in [2.24, 2.45) is 0 Å². The Morgan fingerprint density at radius 2 is 1.79 bits per heavy atom. The SMILES string of the molecule is Cc1nc(Cc2nc(-c3ccc(NS(C)(=O)=O)cc3)cs2)cs1.Cl. The highest BCUT2D eigenvalue weighted by Gasteiger charge is 2.08. The molecule has 0 aliphatic heterocycles. The summed E-state index contributed by atoms with van der Waals surface area (Å²) in [6.07, 6.45) is 1.87. The Kier molecular flexibility index (Phi) is 5.97. The molecule has 0 bridgehead atoms. The van der Waals surface area contributed by atoms with Crippen molar-refractivity contribution >= 4 is 50.8 Å². The molecule has 0 saturated heterocycles. The van der Waals surface area contributed by atoms with Crippen LogP contribution in [0.25, 0.3) is 11.3 Å². The first-order valence-corrected chi connectivity index (χ1v) is 10.5. The fourth-order valence-corrected chi connectivity index (χ4v) is 4.09. The number of halogens is 1. The van der Waals surface area contributed by atoms with Crippen LogP contribution in [0.4, 0.5) is 5.69 Å². The Bertz CT molecular complexity index is 918. The highest BCUT2D eigenvalue weighted by atomic mass is 35.5. The van der Waals surface area contributed by atoms with E-state index in [9.17, 15) is 8.42 Å². The van der Waals surface area contributed by atoms with E-state index in [1.165, 1.54) is 0 Å². The Labute approximate surface area is 155 Å². The molecule has 0 atom stereocenters. The highest BCUT2D eigenvalue weighted by Crippen LogP contribution is 2.25. The predicted octanol–water partition coefficient (Wildman–Crippen LogP) is 3.96. The van der Waals surface area contributed by atoms with Gasteiger partial charge >= 0.3 is 0 Å². The van der Waals surface area contributed by atoms with Crippen molar-refractivity contribution in [1.82, 2.24) is 9.97 Å². The van der Waals surface area contributed by atoms with Crippen molar-refractivity contribution in [1.29, 1.82) is 0 Å². The lowest BCUT2D eigenvalue weighted by Gasteiger charge is -2.04. The van der Waals surface area contributed by atoms with Crippen LogP contribution in [-0.2, 0) is 16.4 Å². The van der Waals surface area contributed by atoms with Gasteiger partial charge in [0.1, 0.15) is 0 Å². The zero-order valence-electron chi connectivity index (χ0n) is 13.0. The third kappa shape index (κ3) is 5.01. The molecular weight excluding hydrogens is 386 g/mol. The lowest BCUT2D eigenvalue weighted by Crippen LogP contribution is -2.09. The number of thiazole rings is 2. The summed E-state index contributed by atoms with van der Waals surface area (Å²) in [6.45, 7) is 1.99. The van der Waals surface area contributed by atoms with Crippen LogP contribution in [0.3, 0.4) is 0 Å². The van der Waals surface area contributed by atoms with Gasteiger partial charge in [0.15, 0.2) is 0 Å². The quantitative estimate of drug-likeness (QED) is 0.702. The van der Waals surface area contributed by atoms with E-state index < -0.39 is 10.0 Å². The molecule has 0 spiro atoms. The molecule has 0 amide bonds. The van der Waals surface area contributed by atoms with E-state index in [4.69, 9.17) is 0 Å². The maximum atomic E-state index is 11.2. The monoisotopic (exact) mass is 401 g/mol. The molecule has 1 N–H and O–H groups in total. The van der Waals surface area contributed by atoms with Gasteiger partial charge in [-0.05, 0) is 19.1 Å². The van der Waals surface area contributed by atoms with E-state index >= 15 is 0 Å². The number of aryl methyl sites for hydroxylation is 1. The van der Waals surface area contributed by atoms with Gasteiger partial charge in [0, 0.05) is 28.4 Å². The zero-order chi connectivity index (χ0) is 16.4. The minimum atomic E-state index is -3.25. The fraction of sp³-hybridized carbons (Fsp3) is 0.200. The van der Waals surface area contributed by atoms with Gasteiger partial charge in [-0.3, -0.25) is 4.72 Å². The second-order valence-electron chi connectivity index (χ2n) is 5.11. The molecule has 24 heavy (non-hydrogen) atoms. The molecule has 128 valence electrons. The molecule has 2 aromatic heterocycles. The first kappa shape index (κ1) is 18.9. The first-order chi connectivity index (χ1) is 10.9. The largest absolute Gasteiger partial charge is 0.284 e. The molecule has 0 aliphatic rings. The van der Waals surface area contributed by atoms with Gasteiger partial charge in [-0.25, -0.2) is 18.4 Å². The molecule has 0 saturated carbocycles. The zero-order valence-corrected chi connectivity index (χ0v) is 16.3. The van der Waals surface area contributed by atoms with Crippen LogP contribution in [0.5, 0.6) is 0 Å². The number of aromatic nitrogens is 2. The molecule has 2 heterocycles. The van der Waals surface area contributed by atoms with Crippen molar-refractivity contribution < 1.29 is 8.42 Å². The Hall–Kier alpha value is -1.48. The summed E-state index contributed by atoms with van der Waals surface area (Å²) in [7, 11) is -3.25. The van der Waals surface area contributed by atoms with Crippen LogP contribution < -0.4 is 4.72 Å². The van der Waals surface area contributed by atoms with Crippen LogP contribution in [-0.4, -0.2) is 24.6 Å². The molecule has 1 aromatic carbocycles. The van der Waals surface area contributed by atoms with E-state index in [0.29, 0.717) is 5.69 Å². The number of nitrogens with one attached hydrogen (secondary N) is 1. The third-order valence-electron chi connectivity index (χ3n) is 3.03. The average Bonchev–Trinajstić information content (AvgIpc) is 3.08. The Morgan fingerprint density at radius 3 is 2.38 bits per heavy atom. The van der Waals surface area contributed by atoms with Crippen molar-refractivity contribution in [3.05, 3.63) is 50.7 Å². The second-order valence-corrected chi connectivity index (χ2v) is 8.87. The van der Waals surface area contributed by atoms with Gasteiger partial charge in [0.2, 0.25) is 10.0 Å². The standard InChI is InChI=1S/C15H15N3O2S3.ClH/c1-10-16-13(8-21-10)7-15-17-14(9-22-15)11-3-5-12(6-4-11)18-23(2,19)20;/h3-6,8-9,18H,7H2,1-2H3;1H. The summed E-state index contributed by atoms with van der Waals surface area (Å²) < 4.78 is 24.9. The van der Waals surface area contributed by atoms with Gasteiger partial charge < -0.3 is 0 Å². The number of hydrogen-bond donors (Lipinski definition) is 1. The normalized spacial score (nSPS) is 11.1. The summed E-state index contributed by atoms with van der Waals surface area (Å²) >= 11 is 3.25. The van der Waals surface area contributed by atoms with E-state index in [1.54, 1.807) is 34.8 Å². The van der Waals surface area contributed by atoms with Crippen LogP contribution in [0.15, 0.2) is 35.0 Å². The van der Waals surface area contributed by atoms with E-state index in [2.05, 4.69) is 20.1 Å². The fourth-order valence-electron chi connectivity index (χ4n) is 2.09. The lowest BCUT2D eigenvalue weighted by atomic mass is 10.1. The summed E-state index contributed by atoms with van der Waals surface area (Å²) in [6, 6.07) is 7.19. The summed E-state index contributed by atoms with van der Waals surface area (Å²) in [5.74, 6) is 0. The molecule has 5 nitrogen and oxygen atoms in total. The van der Waals surface area contributed by atoms with E-state index in [-0.39, 0.29) is 12.4 Å². The number of anilines is 1. The molecule has 0 unspecified atom stereocenters. The maximum absolute atomic E-state index is 11.2. The van der Waals surface area contributed by atoms with Crippen molar-refractivity contribution in [3.8, 4) is 11.3 Å². The van der Waals surface area contributed by atoms with Crippen molar-refractivity contribution in [3.63, 3.8) is 0 Å². The molecular formula is C15H16ClN3O2S3. The number of rotatable bonds is 5. The third-order valence-corrected chi connectivity index (χ3v) is 5.31. The number of nitrogens with zero attached hydrogens (tertiary/aromatic N) is 2. The minimum Gasteiger partial charge on any atom is -0.284 e. The molecule has 0 radical (unpaired) electrons. The van der Waals surface area contributed by atoms with E-state index in [0.717, 1.165) is 39.6 Å². The Morgan fingerprint density at radius 1 is 1.08 bits per heavy atom. The molecule has 3 rings (SSSR count). The van der Waals surface area contributed by atoms with Crippen LogP contribution >= 0.6 is 35.1 Å². The number of benzene rings is 1. The van der Waals surface area contributed by atoms with Crippen molar-refractivity contribution in [2.75, 3.05) is 11.0 Å². The van der Waals surface area contributed by atoms with Crippen LogP contribution in [0.1, 0.15) is 15.7 Å². The van der Waals surface area contributed by atoms with Gasteiger partial charge in [0.05, 0.1) is 27.7 Å². The summed E-state index contributed by atoms with van der Waals surface area (Å²) in [5, 5.41) is 6.14. The molecule has 9 heteroatoms. The van der Waals surface area contributed by atoms with Gasteiger partial charge in [-0.1, -0.05) is 12.1 Å². The van der Waals surface area contributed by atoms with Gasteiger partial charge in [0.25, 0.3) is 0 Å². The number of sulfonamides is 1. The first-order valence-electron chi connectivity index (χ1n) is 6.83. The van der Waals surface area contributed by atoms with Crippen molar-refractivity contribution in [2.45, 2.75) is 13.3 Å². The van der Waals surface area contributed by atoms with E-state index in [1.807, 2.05) is 24.4 Å². The summed E-state index contributed by atoms with van der Waals surface area (Å²) in [4.78, 5) is 9.09. The summed E-state index contributed by atoms with van der Waals surface area (Å²) in [5.41, 5.74) is 3.44. The highest BCUT2D eigenvalue weighted by molar-refractivity contribution is 7.92.